The van der Waals surface area contributed by atoms with Crippen molar-refractivity contribution < 1.29 is 18.7 Å². The third-order valence-corrected chi connectivity index (χ3v) is 6.94. The van der Waals surface area contributed by atoms with Gasteiger partial charge in [0.1, 0.15) is 17.2 Å². The number of rotatable bonds is 5. The molecule has 3 aromatic carbocycles. The highest BCUT2D eigenvalue weighted by Crippen LogP contribution is 2.39. The fourth-order valence-electron chi connectivity index (χ4n) is 3.72. The number of carbonyl (C=O) groups is 1. The SMILES string of the molecule is N#Cc1cc(Cl)cc(Oc2c(Cl)ccc(CNC(=O)c3cc4c5c(ccc4[nH]3)OCCS5)c2F)c1. The number of ether oxygens (including phenoxy) is 2. The summed E-state index contributed by atoms with van der Waals surface area (Å²) in [4.78, 5) is 16.9. The standard InChI is InChI=1S/C25H16Cl2FN3O3S/c26-15-7-13(11-29)8-16(9-15)34-23-18(27)2-1-14(22(23)28)12-30-25(32)20-10-17-19(31-20)3-4-21-24(17)35-6-5-33-21/h1-4,7-10,31H,5-6,12H2,(H,30,32). The highest BCUT2D eigenvalue weighted by Gasteiger charge is 2.20. The van der Waals surface area contributed by atoms with Crippen LogP contribution in [0.25, 0.3) is 10.9 Å². The van der Waals surface area contributed by atoms with Crippen LogP contribution in [-0.4, -0.2) is 23.3 Å². The molecule has 1 aromatic heterocycles. The van der Waals surface area contributed by atoms with Crippen molar-refractivity contribution in [1.29, 1.82) is 5.26 Å². The normalized spacial score (nSPS) is 12.5. The van der Waals surface area contributed by atoms with Gasteiger partial charge in [0.2, 0.25) is 0 Å². The van der Waals surface area contributed by atoms with E-state index in [-0.39, 0.29) is 45.1 Å². The Morgan fingerprint density at radius 2 is 2.09 bits per heavy atom. The quantitative estimate of drug-likeness (QED) is 0.301. The molecule has 35 heavy (non-hydrogen) atoms. The minimum atomic E-state index is -0.726. The van der Waals surface area contributed by atoms with E-state index in [2.05, 4.69) is 10.3 Å². The molecule has 5 rings (SSSR count). The van der Waals surface area contributed by atoms with Crippen molar-refractivity contribution in [3.05, 3.63) is 81.2 Å². The lowest BCUT2D eigenvalue weighted by atomic mass is 10.2. The van der Waals surface area contributed by atoms with Crippen LogP contribution in [0.2, 0.25) is 10.0 Å². The van der Waals surface area contributed by atoms with Gasteiger partial charge in [0, 0.05) is 33.8 Å². The van der Waals surface area contributed by atoms with Gasteiger partial charge in [0.05, 0.1) is 28.2 Å². The molecular weight excluding hydrogens is 512 g/mol. The Kier molecular flexibility index (Phi) is 6.48. The number of aromatic amines is 1. The molecule has 2 N–H and O–H groups in total. The Balaban J connectivity index is 1.35. The van der Waals surface area contributed by atoms with Crippen LogP contribution in [0.4, 0.5) is 4.39 Å². The molecule has 0 spiro atoms. The van der Waals surface area contributed by atoms with Crippen molar-refractivity contribution in [2.45, 2.75) is 11.4 Å². The fraction of sp³-hybridized carbons (Fsp3) is 0.120. The third kappa shape index (κ3) is 4.76. The fourth-order valence-corrected chi connectivity index (χ4v) is 5.09. The van der Waals surface area contributed by atoms with Gasteiger partial charge < -0.3 is 19.8 Å². The van der Waals surface area contributed by atoms with Crippen LogP contribution in [0.15, 0.2) is 53.4 Å². The van der Waals surface area contributed by atoms with Crippen molar-refractivity contribution in [1.82, 2.24) is 10.3 Å². The Bertz CT molecular complexity index is 1520. The van der Waals surface area contributed by atoms with E-state index in [0.29, 0.717) is 12.3 Å². The van der Waals surface area contributed by atoms with Crippen molar-refractivity contribution in [2.24, 2.45) is 0 Å². The summed E-state index contributed by atoms with van der Waals surface area (Å²) in [6.45, 7) is 0.554. The predicted molar refractivity (Wildman–Crippen MR) is 133 cm³/mol. The molecule has 0 radical (unpaired) electrons. The molecule has 4 aromatic rings. The van der Waals surface area contributed by atoms with Crippen LogP contribution in [0.5, 0.6) is 17.2 Å². The zero-order chi connectivity index (χ0) is 24.5. The van der Waals surface area contributed by atoms with Gasteiger partial charge >= 0.3 is 0 Å². The monoisotopic (exact) mass is 527 g/mol. The lowest BCUT2D eigenvalue weighted by molar-refractivity contribution is 0.0946. The van der Waals surface area contributed by atoms with E-state index in [9.17, 15) is 4.79 Å². The molecule has 1 aliphatic rings. The molecule has 6 nitrogen and oxygen atoms in total. The molecule has 0 atom stereocenters. The summed E-state index contributed by atoms with van der Waals surface area (Å²) < 4.78 is 26.5. The Labute approximate surface area is 213 Å². The van der Waals surface area contributed by atoms with Crippen molar-refractivity contribution in [2.75, 3.05) is 12.4 Å². The average Bonchev–Trinajstić information content (AvgIpc) is 3.31. The van der Waals surface area contributed by atoms with Gasteiger partial charge in [-0.05, 0) is 42.5 Å². The van der Waals surface area contributed by atoms with Crippen molar-refractivity contribution >= 4 is 51.8 Å². The molecule has 176 valence electrons. The summed E-state index contributed by atoms with van der Waals surface area (Å²) in [5.74, 6) is 0.472. The Morgan fingerprint density at radius 3 is 2.91 bits per heavy atom. The van der Waals surface area contributed by atoms with Gasteiger partial charge in [-0.1, -0.05) is 29.3 Å². The number of aromatic nitrogens is 1. The molecule has 0 aliphatic carbocycles. The second-order valence-electron chi connectivity index (χ2n) is 7.66. The lowest BCUT2D eigenvalue weighted by Gasteiger charge is -2.16. The van der Waals surface area contributed by atoms with Gasteiger partial charge in [-0.15, -0.1) is 11.8 Å². The van der Waals surface area contributed by atoms with E-state index < -0.39 is 5.82 Å². The smallest absolute Gasteiger partial charge is 0.267 e. The van der Waals surface area contributed by atoms with Crippen LogP contribution in [0.3, 0.4) is 0 Å². The maximum atomic E-state index is 15.2. The molecule has 0 bridgehead atoms. The first kappa shape index (κ1) is 23.4. The first-order chi connectivity index (χ1) is 16.9. The molecule has 0 saturated heterocycles. The average molecular weight is 528 g/mol. The number of amides is 1. The van der Waals surface area contributed by atoms with E-state index in [0.717, 1.165) is 27.3 Å². The van der Waals surface area contributed by atoms with Gasteiger partial charge in [-0.3, -0.25) is 4.79 Å². The summed E-state index contributed by atoms with van der Waals surface area (Å²) >= 11 is 13.8. The zero-order valence-corrected chi connectivity index (χ0v) is 20.3. The third-order valence-electron chi connectivity index (χ3n) is 5.34. The largest absolute Gasteiger partial charge is 0.492 e. The summed E-state index contributed by atoms with van der Waals surface area (Å²) in [6.07, 6.45) is 0. The van der Waals surface area contributed by atoms with Crippen LogP contribution >= 0.6 is 35.0 Å². The van der Waals surface area contributed by atoms with Crippen LogP contribution in [0.1, 0.15) is 21.6 Å². The Hall–Kier alpha value is -3.38. The number of nitrogens with zero attached hydrogens (tertiary/aromatic N) is 1. The number of fused-ring (bicyclic) bond motifs is 3. The molecule has 1 aliphatic heterocycles. The molecule has 1 amide bonds. The summed E-state index contributed by atoms with van der Waals surface area (Å²) in [5, 5.41) is 13.0. The molecule has 0 saturated carbocycles. The predicted octanol–water partition coefficient (Wildman–Crippen LogP) is 6.69. The highest BCUT2D eigenvalue weighted by atomic mass is 35.5. The topological polar surface area (TPSA) is 87.1 Å². The molecule has 0 fully saturated rings. The highest BCUT2D eigenvalue weighted by molar-refractivity contribution is 7.99. The van der Waals surface area contributed by atoms with Gasteiger partial charge in [0.25, 0.3) is 5.91 Å². The number of hydrogen-bond acceptors (Lipinski definition) is 5. The summed E-state index contributed by atoms with van der Waals surface area (Å²) in [5.41, 5.74) is 1.61. The number of carbonyl (C=O) groups excluding carboxylic acids is 1. The summed E-state index contributed by atoms with van der Waals surface area (Å²) in [6, 6.07) is 14.8. The number of halogens is 3. The maximum absolute atomic E-state index is 15.2. The first-order valence-electron chi connectivity index (χ1n) is 10.5. The van der Waals surface area contributed by atoms with E-state index >= 15 is 4.39 Å². The van der Waals surface area contributed by atoms with Gasteiger partial charge in [-0.25, -0.2) is 4.39 Å². The van der Waals surface area contributed by atoms with Gasteiger partial charge in [-0.2, -0.15) is 5.26 Å². The lowest BCUT2D eigenvalue weighted by Crippen LogP contribution is -2.23. The summed E-state index contributed by atoms with van der Waals surface area (Å²) in [7, 11) is 0. The number of H-pyrrole nitrogens is 1. The molecule has 10 heteroatoms. The number of nitrogens with one attached hydrogen (secondary N) is 2. The second-order valence-corrected chi connectivity index (χ2v) is 9.60. The number of benzene rings is 3. The van der Waals surface area contributed by atoms with Crippen LogP contribution in [-0.2, 0) is 6.54 Å². The van der Waals surface area contributed by atoms with E-state index in [4.69, 9.17) is 37.9 Å². The minimum Gasteiger partial charge on any atom is -0.492 e. The van der Waals surface area contributed by atoms with Crippen LogP contribution in [0, 0.1) is 17.1 Å². The molecule has 2 heterocycles. The second kappa shape index (κ2) is 9.70. The van der Waals surface area contributed by atoms with Crippen LogP contribution < -0.4 is 14.8 Å². The maximum Gasteiger partial charge on any atom is 0.267 e. The van der Waals surface area contributed by atoms with E-state index in [1.54, 1.807) is 17.8 Å². The minimum absolute atomic E-state index is 0.0381. The van der Waals surface area contributed by atoms with E-state index in [1.807, 2.05) is 18.2 Å². The van der Waals surface area contributed by atoms with E-state index in [1.165, 1.54) is 30.3 Å². The Morgan fingerprint density at radius 1 is 1.23 bits per heavy atom. The zero-order valence-electron chi connectivity index (χ0n) is 18.0. The van der Waals surface area contributed by atoms with Crippen molar-refractivity contribution in [3.63, 3.8) is 0 Å². The molecule has 0 unspecified atom stereocenters. The number of thioether (sulfide) groups is 1. The number of nitriles is 1. The number of hydrogen-bond donors (Lipinski definition) is 2. The first-order valence-corrected chi connectivity index (χ1v) is 12.2. The van der Waals surface area contributed by atoms with Crippen molar-refractivity contribution in [3.8, 4) is 23.3 Å². The molecular formula is C25H16Cl2FN3O3S. The van der Waals surface area contributed by atoms with Gasteiger partial charge in [0.15, 0.2) is 11.6 Å².